The molecule has 2 aromatic rings. The summed E-state index contributed by atoms with van der Waals surface area (Å²) in [6.45, 7) is 1.38. The fourth-order valence-corrected chi connectivity index (χ4v) is 2.37. The molecule has 0 heterocycles. The first kappa shape index (κ1) is 17.2. The Balaban J connectivity index is 1.66. The van der Waals surface area contributed by atoms with Gasteiger partial charge in [-0.1, -0.05) is 42.5 Å². The van der Waals surface area contributed by atoms with Gasteiger partial charge in [0, 0.05) is 6.54 Å². The lowest BCUT2D eigenvalue weighted by Gasteiger charge is -2.12. The van der Waals surface area contributed by atoms with Crippen molar-refractivity contribution in [2.75, 3.05) is 20.2 Å². The number of benzene rings is 2. The quantitative estimate of drug-likeness (QED) is 0.581. The van der Waals surface area contributed by atoms with Crippen molar-refractivity contribution in [3.05, 3.63) is 71.3 Å². The third kappa shape index (κ3) is 5.51. The van der Waals surface area contributed by atoms with Gasteiger partial charge >= 0.3 is 5.97 Å². The van der Waals surface area contributed by atoms with Crippen molar-refractivity contribution in [2.45, 2.75) is 18.9 Å². The summed E-state index contributed by atoms with van der Waals surface area (Å²) in [7, 11) is 1.38. The van der Waals surface area contributed by atoms with Gasteiger partial charge in [0.05, 0.1) is 18.8 Å². The summed E-state index contributed by atoms with van der Waals surface area (Å²) in [5.41, 5.74) is 2.68. The minimum absolute atomic E-state index is 0.312. The first-order valence-corrected chi connectivity index (χ1v) is 7.81. The molecule has 0 aliphatic heterocycles. The van der Waals surface area contributed by atoms with Crippen LogP contribution in [0.15, 0.2) is 54.6 Å². The van der Waals surface area contributed by atoms with Crippen LogP contribution in [0.5, 0.6) is 0 Å². The van der Waals surface area contributed by atoms with Gasteiger partial charge in [0.2, 0.25) is 0 Å². The van der Waals surface area contributed by atoms with Crippen molar-refractivity contribution in [1.29, 1.82) is 0 Å². The number of ether oxygens (including phenoxy) is 1. The van der Waals surface area contributed by atoms with E-state index < -0.39 is 6.10 Å². The monoisotopic (exact) mass is 313 g/mol. The molecule has 0 unspecified atom stereocenters. The van der Waals surface area contributed by atoms with Gasteiger partial charge < -0.3 is 15.2 Å². The van der Waals surface area contributed by atoms with Crippen molar-refractivity contribution in [3.63, 3.8) is 0 Å². The zero-order valence-corrected chi connectivity index (χ0v) is 13.4. The number of carbonyl (C=O) groups is 1. The maximum atomic E-state index is 11.3. The number of esters is 1. The fraction of sp³-hybridized carbons (Fsp3) is 0.316. The van der Waals surface area contributed by atoms with E-state index in [9.17, 15) is 9.90 Å². The average molecular weight is 313 g/mol. The SMILES string of the molecule is COC(=O)c1ccc(CCCNC[C@@H](O)c2ccccc2)cc1. The van der Waals surface area contributed by atoms with Crippen LogP contribution >= 0.6 is 0 Å². The summed E-state index contributed by atoms with van der Waals surface area (Å²) in [6, 6.07) is 17.1. The number of hydrogen-bond donors (Lipinski definition) is 2. The molecule has 1 atom stereocenters. The Morgan fingerprint density at radius 1 is 1.13 bits per heavy atom. The van der Waals surface area contributed by atoms with Crippen molar-refractivity contribution in [3.8, 4) is 0 Å². The Kier molecular flexibility index (Phi) is 6.78. The second kappa shape index (κ2) is 9.08. The van der Waals surface area contributed by atoms with E-state index in [1.165, 1.54) is 12.7 Å². The third-order valence-electron chi connectivity index (χ3n) is 3.72. The van der Waals surface area contributed by atoms with Crippen molar-refractivity contribution >= 4 is 5.97 Å². The summed E-state index contributed by atoms with van der Waals surface area (Å²) in [5, 5.41) is 13.3. The van der Waals surface area contributed by atoms with Crippen LogP contribution in [0.2, 0.25) is 0 Å². The standard InChI is InChI=1S/C19H23NO3/c1-23-19(22)17-11-9-15(10-12-17)6-5-13-20-14-18(21)16-7-3-2-4-8-16/h2-4,7-12,18,20-21H,5-6,13-14H2,1H3/t18-/m1/s1. The van der Waals surface area contributed by atoms with E-state index in [2.05, 4.69) is 10.1 Å². The molecule has 0 aromatic heterocycles. The Hall–Kier alpha value is -2.17. The van der Waals surface area contributed by atoms with Crippen molar-refractivity contribution < 1.29 is 14.6 Å². The maximum absolute atomic E-state index is 11.3. The van der Waals surface area contributed by atoms with Gasteiger partial charge in [-0.2, -0.15) is 0 Å². The molecule has 4 heteroatoms. The van der Waals surface area contributed by atoms with Gasteiger partial charge in [0.1, 0.15) is 0 Å². The summed E-state index contributed by atoms with van der Waals surface area (Å²) < 4.78 is 4.68. The number of aliphatic hydroxyl groups is 1. The lowest BCUT2D eigenvalue weighted by atomic mass is 10.1. The van der Waals surface area contributed by atoms with Gasteiger partial charge in [0.25, 0.3) is 0 Å². The highest BCUT2D eigenvalue weighted by atomic mass is 16.5. The van der Waals surface area contributed by atoms with Crippen LogP contribution in [-0.4, -0.2) is 31.3 Å². The van der Waals surface area contributed by atoms with Gasteiger partial charge in [-0.25, -0.2) is 4.79 Å². The molecule has 2 aromatic carbocycles. The van der Waals surface area contributed by atoms with Gasteiger partial charge in [-0.15, -0.1) is 0 Å². The van der Waals surface area contributed by atoms with Crippen LogP contribution in [0, 0.1) is 0 Å². The molecule has 2 rings (SSSR count). The first-order chi connectivity index (χ1) is 11.2. The largest absolute Gasteiger partial charge is 0.465 e. The van der Waals surface area contributed by atoms with Crippen molar-refractivity contribution in [2.24, 2.45) is 0 Å². The summed E-state index contributed by atoms with van der Waals surface area (Å²) in [6.07, 6.45) is 1.42. The number of aliphatic hydroxyl groups excluding tert-OH is 1. The normalized spacial score (nSPS) is 11.9. The molecule has 0 radical (unpaired) electrons. The van der Waals surface area contributed by atoms with Gasteiger partial charge in [-0.05, 0) is 42.6 Å². The van der Waals surface area contributed by atoms with Gasteiger partial charge in [-0.3, -0.25) is 0 Å². The number of nitrogens with one attached hydrogen (secondary N) is 1. The Morgan fingerprint density at radius 3 is 2.48 bits per heavy atom. The molecule has 0 aliphatic rings. The lowest BCUT2D eigenvalue weighted by molar-refractivity contribution is 0.0600. The Bertz CT molecular complexity index is 596. The molecule has 0 amide bonds. The second-order valence-electron chi connectivity index (χ2n) is 5.42. The zero-order valence-electron chi connectivity index (χ0n) is 13.4. The average Bonchev–Trinajstić information content (AvgIpc) is 2.62. The fourth-order valence-electron chi connectivity index (χ4n) is 2.37. The third-order valence-corrected chi connectivity index (χ3v) is 3.72. The van der Waals surface area contributed by atoms with Crippen molar-refractivity contribution in [1.82, 2.24) is 5.32 Å². The van der Waals surface area contributed by atoms with Crippen LogP contribution in [0.4, 0.5) is 0 Å². The molecule has 0 aliphatic carbocycles. The Labute approximate surface area is 137 Å². The molecule has 0 spiro atoms. The Morgan fingerprint density at radius 2 is 1.83 bits per heavy atom. The number of aryl methyl sites for hydroxylation is 1. The molecule has 2 N–H and O–H groups in total. The summed E-state index contributed by atoms with van der Waals surface area (Å²) in [5.74, 6) is -0.312. The predicted molar refractivity (Wildman–Crippen MR) is 90.4 cm³/mol. The minimum Gasteiger partial charge on any atom is -0.465 e. The van der Waals surface area contributed by atoms with E-state index in [-0.39, 0.29) is 5.97 Å². The molecule has 0 saturated carbocycles. The number of carbonyl (C=O) groups excluding carboxylic acids is 1. The van der Waals surface area contributed by atoms with Crippen LogP contribution in [0.3, 0.4) is 0 Å². The lowest BCUT2D eigenvalue weighted by Crippen LogP contribution is -2.22. The minimum atomic E-state index is -0.476. The molecule has 0 fully saturated rings. The van der Waals surface area contributed by atoms with E-state index in [1.807, 2.05) is 42.5 Å². The van der Waals surface area contributed by atoms with Crippen LogP contribution < -0.4 is 5.32 Å². The highest BCUT2D eigenvalue weighted by Gasteiger charge is 2.06. The number of methoxy groups -OCH3 is 1. The highest BCUT2D eigenvalue weighted by Crippen LogP contribution is 2.11. The highest BCUT2D eigenvalue weighted by molar-refractivity contribution is 5.89. The van der Waals surface area contributed by atoms with Crippen LogP contribution in [0.25, 0.3) is 0 Å². The molecular weight excluding hydrogens is 290 g/mol. The summed E-state index contributed by atoms with van der Waals surface area (Å²) in [4.78, 5) is 11.3. The molecule has 23 heavy (non-hydrogen) atoms. The molecule has 0 bridgehead atoms. The first-order valence-electron chi connectivity index (χ1n) is 7.81. The summed E-state index contributed by atoms with van der Waals surface area (Å²) >= 11 is 0. The second-order valence-corrected chi connectivity index (χ2v) is 5.42. The maximum Gasteiger partial charge on any atom is 0.337 e. The van der Waals surface area contributed by atoms with Crippen LogP contribution in [-0.2, 0) is 11.2 Å². The topological polar surface area (TPSA) is 58.6 Å². The smallest absolute Gasteiger partial charge is 0.337 e. The molecule has 0 saturated heterocycles. The van der Waals surface area contributed by atoms with E-state index >= 15 is 0 Å². The van der Waals surface area contributed by atoms with E-state index in [1.54, 1.807) is 12.1 Å². The predicted octanol–water partition coefficient (Wildman–Crippen LogP) is 2.73. The van der Waals surface area contributed by atoms with Crippen LogP contribution in [0.1, 0.15) is 34.0 Å². The molecular formula is C19H23NO3. The number of hydrogen-bond acceptors (Lipinski definition) is 4. The van der Waals surface area contributed by atoms with E-state index in [0.717, 1.165) is 24.9 Å². The van der Waals surface area contributed by atoms with E-state index in [4.69, 9.17) is 0 Å². The molecule has 122 valence electrons. The van der Waals surface area contributed by atoms with Gasteiger partial charge in [0.15, 0.2) is 0 Å². The number of rotatable bonds is 8. The zero-order chi connectivity index (χ0) is 16.5. The molecule has 4 nitrogen and oxygen atoms in total. The van der Waals surface area contributed by atoms with E-state index in [0.29, 0.717) is 12.1 Å².